The van der Waals surface area contributed by atoms with Crippen molar-refractivity contribution < 1.29 is 4.74 Å². The van der Waals surface area contributed by atoms with Gasteiger partial charge in [0.05, 0.1) is 6.61 Å². The van der Waals surface area contributed by atoms with Gasteiger partial charge in [0.1, 0.15) is 5.75 Å². The van der Waals surface area contributed by atoms with Crippen LogP contribution in [0.15, 0.2) is 18.2 Å². The lowest BCUT2D eigenvalue weighted by Crippen LogP contribution is -2.15. The number of hydrogen-bond acceptors (Lipinski definition) is 3. The largest absolute Gasteiger partial charge is 0.492 e. The third-order valence-corrected chi connectivity index (χ3v) is 3.58. The van der Waals surface area contributed by atoms with Gasteiger partial charge < -0.3 is 10.1 Å². The average Bonchev–Trinajstić information content (AvgIpc) is 2.37. The van der Waals surface area contributed by atoms with Crippen LogP contribution >= 0.6 is 11.8 Å². The highest BCUT2D eigenvalue weighted by Crippen LogP contribution is 2.23. The summed E-state index contributed by atoms with van der Waals surface area (Å²) < 4.78 is 5.94. The molecule has 0 heterocycles. The summed E-state index contributed by atoms with van der Waals surface area (Å²) in [7, 11) is 0. The van der Waals surface area contributed by atoms with Gasteiger partial charge in [-0.2, -0.15) is 11.8 Å². The molecule has 0 fully saturated rings. The first kappa shape index (κ1) is 15.4. The van der Waals surface area contributed by atoms with Crippen LogP contribution in [0.25, 0.3) is 0 Å². The molecule has 1 aromatic carbocycles. The van der Waals surface area contributed by atoms with E-state index < -0.39 is 0 Å². The van der Waals surface area contributed by atoms with Crippen molar-refractivity contribution in [2.75, 3.05) is 24.7 Å². The van der Waals surface area contributed by atoms with E-state index in [1.54, 1.807) is 0 Å². The normalized spacial score (nSPS) is 10.6. The van der Waals surface area contributed by atoms with Gasteiger partial charge >= 0.3 is 0 Å². The van der Waals surface area contributed by atoms with Crippen LogP contribution < -0.4 is 10.1 Å². The first-order valence-corrected chi connectivity index (χ1v) is 7.94. The van der Waals surface area contributed by atoms with Crippen molar-refractivity contribution in [1.82, 2.24) is 5.32 Å². The van der Waals surface area contributed by atoms with Crippen LogP contribution in [0, 0.1) is 6.92 Å². The molecule has 0 aromatic heterocycles. The maximum Gasteiger partial charge on any atom is 0.126 e. The third kappa shape index (κ3) is 5.32. The highest BCUT2D eigenvalue weighted by molar-refractivity contribution is 7.99. The Kier molecular flexibility index (Phi) is 7.94. The third-order valence-electron chi connectivity index (χ3n) is 2.71. The summed E-state index contributed by atoms with van der Waals surface area (Å²) in [6, 6.07) is 6.37. The standard InChI is InChI=1S/C15H25NOS/c1-4-9-16-12-14-8-6-7-13(3)15(14)17-10-11-18-5-2/h6-8,16H,4-5,9-12H2,1-3H3. The number of para-hydroxylation sites is 1. The lowest BCUT2D eigenvalue weighted by Gasteiger charge is -2.14. The maximum absolute atomic E-state index is 5.94. The fourth-order valence-corrected chi connectivity index (χ4v) is 2.30. The minimum atomic E-state index is 0.796. The van der Waals surface area contributed by atoms with E-state index in [1.807, 2.05) is 11.8 Å². The molecule has 0 saturated heterocycles. The molecule has 102 valence electrons. The molecule has 2 nitrogen and oxygen atoms in total. The Hall–Kier alpha value is -0.670. The lowest BCUT2D eigenvalue weighted by atomic mass is 10.1. The van der Waals surface area contributed by atoms with Crippen molar-refractivity contribution in [3.8, 4) is 5.75 Å². The second-order valence-corrected chi connectivity index (χ2v) is 5.68. The van der Waals surface area contributed by atoms with Crippen molar-refractivity contribution >= 4 is 11.8 Å². The molecule has 0 atom stereocenters. The zero-order valence-corrected chi connectivity index (χ0v) is 12.6. The van der Waals surface area contributed by atoms with Crippen molar-refractivity contribution in [1.29, 1.82) is 0 Å². The minimum Gasteiger partial charge on any atom is -0.492 e. The van der Waals surface area contributed by atoms with Crippen LogP contribution in [0.5, 0.6) is 5.75 Å². The Morgan fingerprint density at radius 3 is 2.83 bits per heavy atom. The molecule has 1 aromatic rings. The number of ether oxygens (including phenoxy) is 1. The fourth-order valence-electron chi connectivity index (χ4n) is 1.81. The van der Waals surface area contributed by atoms with Gasteiger partial charge in [-0.25, -0.2) is 0 Å². The molecule has 18 heavy (non-hydrogen) atoms. The zero-order valence-electron chi connectivity index (χ0n) is 11.8. The van der Waals surface area contributed by atoms with Crippen molar-refractivity contribution in [2.24, 2.45) is 0 Å². The first-order valence-electron chi connectivity index (χ1n) is 6.79. The molecule has 0 aliphatic rings. The Balaban J connectivity index is 2.56. The van der Waals surface area contributed by atoms with Crippen LogP contribution in [0.1, 0.15) is 31.4 Å². The number of benzene rings is 1. The molecular weight excluding hydrogens is 242 g/mol. The van der Waals surface area contributed by atoms with Gasteiger partial charge in [0, 0.05) is 17.9 Å². The van der Waals surface area contributed by atoms with E-state index in [0.717, 1.165) is 43.4 Å². The second kappa shape index (κ2) is 9.29. The molecule has 0 spiro atoms. The molecule has 0 radical (unpaired) electrons. The number of rotatable bonds is 9. The Morgan fingerprint density at radius 2 is 2.11 bits per heavy atom. The monoisotopic (exact) mass is 267 g/mol. The highest BCUT2D eigenvalue weighted by Gasteiger charge is 2.06. The van der Waals surface area contributed by atoms with Crippen LogP contribution in [-0.4, -0.2) is 24.7 Å². The van der Waals surface area contributed by atoms with E-state index in [4.69, 9.17) is 4.74 Å². The van der Waals surface area contributed by atoms with Gasteiger partial charge in [-0.1, -0.05) is 32.0 Å². The summed E-state index contributed by atoms with van der Waals surface area (Å²) in [5.74, 6) is 3.28. The SMILES string of the molecule is CCCNCc1cccc(C)c1OCCSCC. The lowest BCUT2D eigenvalue weighted by molar-refractivity contribution is 0.336. The molecule has 0 saturated carbocycles. The van der Waals surface area contributed by atoms with Crippen LogP contribution in [0.2, 0.25) is 0 Å². The highest BCUT2D eigenvalue weighted by atomic mass is 32.2. The van der Waals surface area contributed by atoms with Crippen molar-refractivity contribution in [2.45, 2.75) is 33.7 Å². The molecule has 0 bridgehead atoms. The summed E-state index contributed by atoms with van der Waals surface area (Å²) >= 11 is 1.92. The predicted molar refractivity (Wildman–Crippen MR) is 81.7 cm³/mol. The maximum atomic E-state index is 5.94. The van der Waals surface area contributed by atoms with E-state index in [2.05, 4.69) is 44.3 Å². The Morgan fingerprint density at radius 1 is 1.28 bits per heavy atom. The van der Waals surface area contributed by atoms with Gasteiger partial charge in [-0.15, -0.1) is 0 Å². The zero-order chi connectivity index (χ0) is 13.2. The number of aryl methyl sites for hydroxylation is 1. The molecule has 1 N–H and O–H groups in total. The summed E-state index contributed by atoms with van der Waals surface area (Å²) in [5, 5.41) is 3.44. The van der Waals surface area contributed by atoms with Crippen molar-refractivity contribution in [3.63, 3.8) is 0 Å². The van der Waals surface area contributed by atoms with E-state index >= 15 is 0 Å². The molecule has 3 heteroatoms. The molecule has 0 aliphatic heterocycles. The second-order valence-electron chi connectivity index (χ2n) is 4.29. The quantitative estimate of drug-likeness (QED) is 0.690. The van der Waals surface area contributed by atoms with Crippen LogP contribution in [0.4, 0.5) is 0 Å². The van der Waals surface area contributed by atoms with Gasteiger partial charge in [0.25, 0.3) is 0 Å². The summed E-state index contributed by atoms with van der Waals surface area (Å²) in [6.45, 7) is 9.22. The van der Waals surface area contributed by atoms with Gasteiger partial charge in [0.2, 0.25) is 0 Å². The van der Waals surface area contributed by atoms with E-state index in [0.29, 0.717) is 0 Å². The number of nitrogens with one attached hydrogen (secondary N) is 1. The average molecular weight is 267 g/mol. The van der Waals surface area contributed by atoms with Crippen LogP contribution in [-0.2, 0) is 6.54 Å². The topological polar surface area (TPSA) is 21.3 Å². The van der Waals surface area contributed by atoms with Gasteiger partial charge in [-0.3, -0.25) is 0 Å². The molecule has 0 aliphatic carbocycles. The summed E-state index contributed by atoms with van der Waals surface area (Å²) in [5.41, 5.74) is 2.50. The summed E-state index contributed by atoms with van der Waals surface area (Å²) in [6.07, 6.45) is 1.16. The van der Waals surface area contributed by atoms with E-state index in [-0.39, 0.29) is 0 Å². The van der Waals surface area contributed by atoms with Crippen LogP contribution in [0.3, 0.4) is 0 Å². The van der Waals surface area contributed by atoms with E-state index in [1.165, 1.54) is 11.1 Å². The number of thioether (sulfide) groups is 1. The van der Waals surface area contributed by atoms with Gasteiger partial charge in [-0.05, 0) is 31.2 Å². The Labute approximate surface area is 116 Å². The predicted octanol–water partition coefficient (Wildman–Crippen LogP) is 3.63. The number of hydrogen-bond donors (Lipinski definition) is 1. The summed E-state index contributed by atoms with van der Waals surface area (Å²) in [4.78, 5) is 0. The molecule has 0 unspecified atom stereocenters. The smallest absolute Gasteiger partial charge is 0.126 e. The molecule has 0 amide bonds. The first-order chi connectivity index (χ1) is 8.79. The Bertz CT molecular complexity index is 341. The molecule has 1 rings (SSSR count). The van der Waals surface area contributed by atoms with Crippen molar-refractivity contribution in [3.05, 3.63) is 29.3 Å². The minimum absolute atomic E-state index is 0.796. The van der Waals surface area contributed by atoms with E-state index in [9.17, 15) is 0 Å². The van der Waals surface area contributed by atoms with Gasteiger partial charge in [0.15, 0.2) is 0 Å². The fraction of sp³-hybridized carbons (Fsp3) is 0.600. The molecular formula is C15H25NOS.